The number of nitrogens with one attached hydrogen (secondary N) is 1. The SMILES string of the molecule is CCOC(=O)c1sc(NCc2ccccc2)cc1N. The van der Waals surface area contributed by atoms with Crippen molar-refractivity contribution in [3.8, 4) is 0 Å². The second-order valence-electron chi connectivity index (χ2n) is 3.95. The first kappa shape index (κ1) is 13.4. The second-order valence-corrected chi connectivity index (χ2v) is 5.01. The molecule has 1 aromatic carbocycles. The Hall–Kier alpha value is -2.01. The standard InChI is InChI=1S/C14H16N2O2S/c1-2-18-14(17)13-11(15)8-12(19-13)16-9-10-6-4-3-5-7-10/h3-8,16H,2,9,15H2,1H3. The molecule has 0 aliphatic rings. The van der Waals surface area contributed by atoms with E-state index < -0.39 is 0 Å². The van der Waals surface area contributed by atoms with Crippen LogP contribution in [0.5, 0.6) is 0 Å². The Balaban J connectivity index is 2.02. The highest BCUT2D eigenvalue weighted by molar-refractivity contribution is 7.18. The number of hydrogen-bond acceptors (Lipinski definition) is 5. The molecular formula is C14H16N2O2S. The molecule has 0 aliphatic heterocycles. The van der Waals surface area contributed by atoms with Gasteiger partial charge in [-0.3, -0.25) is 0 Å². The van der Waals surface area contributed by atoms with Gasteiger partial charge in [0.1, 0.15) is 4.88 Å². The molecular weight excluding hydrogens is 260 g/mol. The Labute approximate surface area is 116 Å². The van der Waals surface area contributed by atoms with Gasteiger partial charge in [-0.1, -0.05) is 30.3 Å². The highest BCUT2D eigenvalue weighted by atomic mass is 32.1. The van der Waals surface area contributed by atoms with Gasteiger partial charge in [-0.15, -0.1) is 11.3 Å². The van der Waals surface area contributed by atoms with Gasteiger partial charge in [0.05, 0.1) is 17.3 Å². The number of carbonyl (C=O) groups is 1. The van der Waals surface area contributed by atoms with Crippen LogP contribution < -0.4 is 11.1 Å². The molecule has 0 atom stereocenters. The van der Waals surface area contributed by atoms with E-state index in [9.17, 15) is 4.79 Å². The van der Waals surface area contributed by atoms with Crippen molar-refractivity contribution in [1.29, 1.82) is 0 Å². The summed E-state index contributed by atoms with van der Waals surface area (Å²) < 4.78 is 4.95. The molecule has 0 fully saturated rings. The van der Waals surface area contributed by atoms with E-state index in [0.717, 1.165) is 5.00 Å². The van der Waals surface area contributed by atoms with E-state index in [2.05, 4.69) is 5.32 Å². The quantitative estimate of drug-likeness (QED) is 0.824. The molecule has 100 valence electrons. The van der Waals surface area contributed by atoms with E-state index in [-0.39, 0.29) is 5.97 Å². The summed E-state index contributed by atoms with van der Waals surface area (Å²) in [6.07, 6.45) is 0. The van der Waals surface area contributed by atoms with E-state index >= 15 is 0 Å². The molecule has 0 spiro atoms. The number of ether oxygens (including phenoxy) is 1. The maximum atomic E-state index is 11.6. The van der Waals surface area contributed by atoms with E-state index in [1.807, 2.05) is 30.3 Å². The fraction of sp³-hybridized carbons (Fsp3) is 0.214. The largest absolute Gasteiger partial charge is 0.462 e. The van der Waals surface area contributed by atoms with Gasteiger partial charge in [0.2, 0.25) is 0 Å². The van der Waals surface area contributed by atoms with Crippen molar-refractivity contribution in [2.24, 2.45) is 0 Å². The number of rotatable bonds is 5. The smallest absolute Gasteiger partial charge is 0.350 e. The number of thiophene rings is 1. The minimum Gasteiger partial charge on any atom is -0.462 e. The second kappa shape index (κ2) is 6.24. The third-order valence-corrected chi connectivity index (χ3v) is 3.62. The van der Waals surface area contributed by atoms with Gasteiger partial charge in [0.15, 0.2) is 0 Å². The molecule has 5 heteroatoms. The van der Waals surface area contributed by atoms with Crippen LogP contribution >= 0.6 is 11.3 Å². The zero-order chi connectivity index (χ0) is 13.7. The van der Waals surface area contributed by atoms with Crippen molar-refractivity contribution < 1.29 is 9.53 Å². The van der Waals surface area contributed by atoms with Crippen molar-refractivity contribution >= 4 is 28.0 Å². The molecule has 4 nitrogen and oxygen atoms in total. The summed E-state index contributed by atoms with van der Waals surface area (Å²) in [5.74, 6) is -0.363. The van der Waals surface area contributed by atoms with Crippen LogP contribution in [0.15, 0.2) is 36.4 Å². The van der Waals surface area contributed by atoms with Crippen LogP contribution in [0.2, 0.25) is 0 Å². The van der Waals surface area contributed by atoms with Crippen molar-refractivity contribution in [2.75, 3.05) is 17.7 Å². The van der Waals surface area contributed by atoms with Crippen molar-refractivity contribution in [2.45, 2.75) is 13.5 Å². The number of carbonyl (C=O) groups excluding carboxylic acids is 1. The average Bonchev–Trinajstić information content (AvgIpc) is 2.79. The van der Waals surface area contributed by atoms with Gasteiger partial charge in [-0.2, -0.15) is 0 Å². The number of esters is 1. The summed E-state index contributed by atoms with van der Waals surface area (Å²) in [4.78, 5) is 12.1. The zero-order valence-electron chi connectivity index (χ0n) is 10.7. The van der Waals surface area contributed by atoms with Crippen LogP contribution in [0.1, 0.15) is 22.2 Å². The number of nitrogen functional groups attached to an aromatic ring is 1. The number of benzene rings is 1. The number of hydrogen-bond donors (Lipinski definition) is 2. The first-order chi connectivity index (χ1) is 9.20. The summed E-state index contributed by atoms with van der Waals surface area (Å²) in [5.41, 5.74) is 7.44. The summed E-state index contributed by atoms with van der Waals surface area (Å²) in [6, 6.07) is 11.8. The number of anilines is 2. The maximum absolute atomic E-state index is 11.6. The predicted molar refractivity (Wildman–Crippen MR) is 78.5 cm³/mol. The van der Waals surface area contributed by atoms with Crippen molar-refractivity contribution in [3.63, 3.8) is 0 Å². The molecule has 2 rings (SSSR count). The molecule has 3 N–H and O–H groups in total. The third-order valence-electron chi connectivity index (χ3n) is 2.53. The molecule has 0 saturated heterocycles. The van der Waals surface area contributed by atoms with Crippen LogP contribution in [-0.2, 0) is 11.3 Å². The molecule has 0 unspecified atom stereocenters. The third kappa shape index (κ3) is 3.48. The van der Waals surface area contributed by atoms with E-state index in [4.69, 9.17) is 10.5 Å². The minimum absolute atomic E-state index is 0.350. The molecule has 0 aliphatic carbocycles. The lowest BCUT2D eigenvalue weighted by Gasteiger charge is -2.02. The fourth-order valence-electron chi connectivity index (χ4n) is 1.63. The van der Waals surface area contributed by atoms with Crippen LogP contribution in [-0.4, -0.2) is 12.6 Å². The van der Waals surface area contributed by atoms with Gasteiger partial charge in [-0.25, -0.2) is 4.79 Å². The molecule has 0 radical (unpaired) electrons. The van der Waals surface area contributed by atoms with Crippen LogP contribution in [0.3, 0.4) is 0 Å². The predicted octanol–water partition coefficient (Wildman–Crippen LogP) is 3.12. The minimum atomic E-state index is -0.363. The average molecular weight is 276 g/mol. The van der Waals surface area contributed by atoms with Gasteiger partial charge in [0, 0.05) is 6.54 Å². The fourth-order valence-corrected chi connectivity index (χ4v) is 2.50. The lowest BCUT2D eigenvalue weighted by Crippen LogP contribution is -2.04. The van der Waals surface area contributed by atoms with E-state index in [0.29, 0.717) is 23.7 Å². The lowest BCUT2D eigenvalue weighted by atomic mass is 10.2. The molecule has 1 aromatic heterocycles. The molecule has 1 heterocycles. The van der Waals surface area contributed by atoms with Gasteiger partial charge < -0.3 is 15.8 Å². The zero-order valence-corrected chi connectivity index (χ0v) is 11.5. The molecule has 0 amide bonds. The normalized spacial score (nSPS) is 10.2. The van der Waals surface area contributed by atoms with Crippen LogP contribution in [0.25, 0.3) is 0 Å². The Bertz CT molecular complexity index is 552. The van der Waals surface area contributed by atoms with E-state index in [1.54, 1.807) is 13.0 Å². The topological polar surface area (TPSA) is 64.3 Å². The Morgan fingerprint density at radius 1 is 1.37 bits per heavy atom. The summed E-state index contributed by atoms with van der Waals surface area (Å²) >= 11 is 1.32. The van der Waals surface area contributed by atoms with Crippen molar-refractivity contribution in [1.82, 2.24) is 0 Å². The first-order valence-electron chi connectivity index (χ1n) is 6.05. The van der Waals surface area contributed by atoms with Gasteiger partial charge in [-0.05, 0) is 18.6 Å². The van der Waals surface area contributed by atoms with Crippen molar-refractivity contribution in [3.05, 3.63) is 46.8 Å². The molecule has 0 bridgehead atoms. The van der Waals surface area contributed by atoms with Gasteiger partial charge >= 0.3 is 5.97 Å². The lowest BCUT2D eigenvalue weighted by molar-refractivity contribution is 0.0533. The highest BCUT2D eigenvalue weighted by Gasteiger charge is 2.15. The summed E-state index contributed by atoms with van der Waals surface area (Å²) in [5, 5.41) is 4.12. The number of nitrogens with two attached hydrogens (primary N) is 1. The summed E-state index contributed by atoms with van der Waals surface area (Å²) in [7, 11) is 0. The van der Waals surface area contributed by atoms with E-state index in [1.165, 1.54) is 16.9 Å². The van der Waals surface area contributed by atoms with Gasteiger partial charge in [0.25, 0.3) is 0 Å². The van der Waals surface area contributed by atoms with Crippen LogP contribution in [0.4, 0.5) is 10.7 Å². The monoisotopic (exact) mass is 276 g/mol. The Kier molecular flexibility index (Phi) is 4.41. The Morgan fingerprint density at radius 3 is 2.79 bits per heavy atom. The molecule has 2 aromatic rings. The first-order valence-corrected chi connectivity index (χ1v) is 6.86. The van der Waals surface area contributed by atoms with Crippen LogP contribution in [0, 0.1) is 0 Å². The highest BCUT2D eigenvalue weighted by Crippen LogP contribution is 2.30. The summed E-state index contributed by atoms with van der Waals surface area (Å²) in [6.45, 7) is 2.82. The molecule has 19 heavy (non-hydrogen) atoms. The molecule has 0 saturated carbocycles. The Morgan fingerprint density at radius 2 is 2.11 bits per heavy atom. The maximum Gasteiger partial charge on any atom is 0.350 e.